The number of hydrogen-bond acceptors (Lipinski definition) is 5. The Labute approximate surface area is 216 Å². The molecule has 4 heterocycles. The number of anilines is 2. The van der Waals surface area contributed by atoms with Crippen LogP contribution in [0, 0.1) is 13.8 Å². The first-order valence-corrected chi connectivity index (χ1v) is 13.7. The Morgan fingerprint density at radius 2 is 1.86 bits per heavy atom. The molecule has 184 valence electrons. The number of hydrogen-bond donors (Lipinski definition) is 2. The van der Waals surface area contributed by atoms with Crippen molar-refractivity contribution in [3.8, 4) is 5.82 Å². The van der Waals surface area contributed by atoms with Gasteiger partial charge in [0.15, 0.2) is 5.11 Å². The third kappa shape index (κ3) is 4.69. The van der Waals surface area contributed by atoms with Crippen LogP contribution < -0.4 is 14.9 Å². The number of nitrogens with zero attached hydrogens (tertiary/aromatic N) is 4. The molecule has 0 bridgehead atoms. The molecule has 0 amide bonds. The molecular weight excluding hydrogens is 492 g/mol. The number of benzene rings is 1. The third-order valence-corrected chi connectivity index (χ3v) is 7.01. The van der Waals surface area contributed by atoms with Crippen molar-refractivity contribution in [2.24, 2.45) is 0 Å². The van der Waals surface area contributed by atoms with Gasteiger partial charge in [0.1, 0.15) is 11.9 Å². The van der Waals surface area contributed by atoms with Crippen molar-refractivity contribution in [2.75, 3.05) is 15.9 Å². The molecule has 10 heteroatoms. The van der Waals surface area contributed by atoms with Crippen molar-refractivity contribution in [1.29, 1.82) is 0 Å². The average molecular weight is 519 g/mol. The van der Waals surface area contributed by atoms with Crippen LogP contribution in [-0.4, -0.2) is 34.3 Å². The summed E-state index contributed by atoms with van der Waals surface area (Å²) in [7, 11) is -3.39. The highest BCUT2D eigenvalue weighted by molar-refractivity contribution is 7.92. The first kappa shape index (κ1) is 24.0. The van der Waals surface area contributed by atoms with Crippen LogP contribution in [0.4, 0.5) is 11.4 Å². The van der Waals surface area contributed by atoms with Crippen LogP contribution in [0.3, 0.4) is 0 Å². The van der Waals surface area contributed by atoms with E-state index in [-0.39, 0.29) is 12.1 Å². The zero-order valence-electron chi connectivity index (χ0n) is 20.1. The zero-order chi connectivity index (χ0) is 25.4. The summed E-state index contributed by atoms with van der Waals surface area (Å²) in [6, 6.07) is 19.1. The van der Waals surface area contributed by atoms with E-state index in [1.807, 2.05) is 74.8 Å². The van der Waals surface area contributed by atoms with Crippen LogP contribution in [0.1, 0.15) is 34.6 Å². The largest absolute Gasteiger partial charge is 0.351 e. The number of pyridine rings is 2. The van der Waals surface area contributed by atoms with Gasteiger partial charge in [0, 0.05) is 30.0 Å². The Morgan fingerprint density at radius 3 is 2.53 bits per heavy atom. The smallest absolute Gasteiger partial charge is 0.229 e. The molecule has 1 aliphatic rings. The summed E-state index contributed by atoms with van der Waals surface area (Å²) in [6.45, 7) is 3.88. The summed E-state index contributed by atoms with van der Waals surface area (Å²) >= 11 is 5.84. The van der Waals surface area contributed by atoms with Gasteiger partial charge in [-0.05, 0) is 85.7 Å². The molecular formula is C26H26N6O2S2. The summed E-state index contributed by atoms with van der Waals surface area (Å²) in [5, 5.41) is 4.03. The second kappa shape index (κ2) is 9.36. The van der Waals surface area contributed by atoms with E-state index in [0.29, 0.717) is 10.8 Å². The van der Waals surface area contributed by atoms with Gasteiger partial charge < -0.3 is 14.8 Å². The molecule has 1 saturated heterocycles. The van der Waals surface area contributed by atoms with Crippen molar-refractivity contribution in [1.82, 2.24) is 19.9 Å². The van der Waals surface area contributed by atoms with E-state index in [9.17, 15) is 8.42 Å². The SMILES string of the molecule is Cc1ccc(-n2cccc2[C@@H]2[C@H](c3ccccn3)NC(=S)N2c2ccc(NS(C)(=O)=O)c(C)c2)nc1. The number of aryl methyl sites for hydroxylation is 2. The lowest BCUT2D eigenvalue weighted by molar-refractivity contribution is 0.548. The second-order valence-corrected chi connectivity index (χ2v) is 11.0. The van der Waals surface area contributed by atoms with E-state index in [4.69, 9.17) is 12.2 Å². The topological polar surface area (TPSA) is 92.2 Å². The Kier molecular flexibility index (Phi) is 6.23. The van der Waals surface area contributed by atoms with Gasteiger partial charge >= 0.3 is 0 Å². The normalized spacial score (nSPS) is 17.8. The number of thiocarbonyl (C=S) groups is 1. The number of aromatic nitrogens is 3. The van der Waals surface area contributed by atoms with Gasteiger partial charge in [0.2, 0.25) is 10.0 Å². The monoisotopic (exact) mass is 518 g/mol. The molecule has 36 heavy (non-hydrogen) atoms. The maximum Gasteiger partial charge on any atom is 0.229 e. The minimum atomic E-state index is -3.39. The average Bonchev–Trinajstić information content (AvgIpc) is 3.45. The van der Waals surface area contributed by atoms with Crippen LogP contribution in [-0.2, 0) is 10.0 Å². The molecule has 0 spiro atoms. The maximum atomic E-state index is 11.8. The molecule has 1 aliphatic heterocycles. The zero-order valence-corrected chi connectivity index (χ0v) is 21.7. The van der Waals surface area contributed by atoms with Gasteiger partial charge in [-0.3, -0.25) is 9.71 Å². The van der Waals surface area contributed by atoms with Crippen molar-refractivity contribution in [3.05, 3.63) is 102 Å². The number of nitrogens with one attached hydrogen (secondary N) is 2. The first-order valence-electron chi connectivity index (χ1n) is 11.4. The molecule has 2 atom stereocenters. The lowest BCUT2D eigenvalue weighted by Crippen LogP contribution is -2.30. The van der Waals surface area contributed by atoms with Crippen molar-refractivity contribution < 1.29 is 8.42 Å². The quantitative estimate of drug-likeness (QED) is 0.365. The molecule has 0 saturated carbocycles. The van der Waals surface area contributed by atoms with Crippen LogP contribution in [0.2, 0.25) is 0 Å². The predicted molar refractivity (Wildman–Crippen MR) is 146 cm³/mol. The van der Waals surface area contributed by atoms with Crippen molar-refractivity contribution in [3.63, 3.8) is 0 Å². The molecule has 5 rings (SSSR count). The highest BCUT2D eigenvalue weighted by atomic mass is 32.2. The second-order valence-electron chi connectivity index (χ2n) is 8.87. The van der Waals surface area contributed by atoms with Gasteiger partial charge in [0.05, 0.1) is 23.7 Å². The molecule has 1 fully saturated rings. The van der Waals surface area contributed by atoms with Crippen molar-refractivity contribution >= 4 is 38.7 Å². The summed E-state index contributed by atoms with van der Waals surface area (Å²) in [5.74, 6) is 0.807. The fraction of sp³-hybridized carbons (Fsp3) is 0.192. The first-order chi connectivity index (χ1) is 17.2. The Bertz CT molecular complexity index is 1520. The molecule has 1 aromatic carbocycles. The molecule has 0 unspecified atom stereocenters. The summed E-state index contributed by atoms with van der Waals surface area (Å²) in [5.41, 5.74) is 5.11. The van der Waals surface area contributed by atoms with Crippen LogP contribution >= 0.6 is 12.2 Å². The molecule has 8 nitrogen and oxygen atoms in total. The van der Waals surface area contributed by atoms with Crippen LogP contribution in [0.25, 0.3) is 5.82 Å². The Balaban J connectivity index is 1.63. The lowest BCUT2D eigenvalue weighted by Gasteiger charge is -2.29. The third-order valence-electron chi connectivity index (χ3n) is 6.11. The predicted octanol–water partition coefficient (Wildman–Crippen LogP) is 4.43. The van der Waals surface area contributed by atoms with E-state index < -0.39 is 10.0 Å². The number of rotatable bonds is 6. The molecule has 0 aliphatic carbocycles. The highest BCUT2D eigenvalue weighted by Crippen LogP contribution is 2.42. The van der Waals surface area contributed by atoms with Crippen LogP contribution in [0.5, 0.6) is 0 Å². The van der Waals surface area contributed by atoms with Gasteiger partial charge in [0.25, 0.3) is 0 Å². The van der Waals surface area contributed by atoms with E-state index in [1.54, 1.807) is 12.3 Å². The van der Waals surface area contributed by atoms with Crippen LogP contribution in [0.15, 0.2) is 79.3 Å². The minimum absolute atomic E-state index is 0.216. The van der Waals surface area contributed by atoms with Gasteiger partial charge in [-0.2, -0.15) is 0 Å². The van der Waals surface area contributed by atoms with E-state index in [2.05, 4.69) is 35.5 Å². The van der Waals surface area contributed by atoms with E-state index in [1.165, 1.54) is 0 Å². The van der Waals surface area contributed by atoms with E-state index >= 15 is 0 Å². The minimum Gasteiger partial charge on any atom is -0.351 e. The molecule has 0 radical (unpaired) electrons. The number of sulfonamides is 1. The fourth-order valence-corrected chi connectivity index (χ4v) is 5.47. The standard InChI is InChI=1S/C26H26N6O2S2/c1-17-9-12-23(28-16-17)31-14-6-8-22(31)25-24(21-7-4-5-13-27-21)29-26(35)32(25)19-10-11-20(18(2)15-19)30-36(3,33)34/h4-16,24-25,30H,1-3H3,(H,29,35)/t24-,25+/m0/s1. The maximum absolute atomic E-state index is 11.8. The highest BCUT2D eigenvalue weighted by Gasteiger charge is 2.42. The summed E-state index contributed by atoms with van der Waals surface area (Å²) in [6.07, 6.45) is 6.75. The molecule has 4 aromatic rings. The summed E-state index contributed by atoms with van der Waals surface area (Å²) < 4.78 is 28.2. The van der Waals surface area contributed by atoms with Gasteiger partial charge in [-0.25, -0.2) is 13.4 Å². The van der Waals surface area contributed by atoms with Gasteiger partial charge in [-0.1, -0.05) is 12.1 Å². The summed E-state index contributed by atoms with van der Waals surface area (Å²) in [4.78, 5) is 11.3. The lowest BCUT2D eigenvalue weighted by atomic mass is 10.0. The Morgan fingerprint density at radius 1 is 1.03 bits per heavy atom. The van der Waals surface area contributed by atoms with Gasteiger partial charge in [-0.15, -0.1) is 0 Å². The van der Waals surface area contributed by atoms with E-state index in [0.717, 1.165) is 40.3 Å². The molecule has 3 aromatic heterocycles. The van der Waals surface area contributed by atoms with Crippen molar-refractivity contribution in [2.45, 2.75) is 25.9 Å². The fourth-order valence-electron chi connectivity index (χ4n) is 4.49. The molecule has 2 N–H and O–H groups in total. The Hall–Kier alpha value is -3.76.